The van der Waals surface area contributed by atoms with Crippen molar-refractivity contribution in [3.8, 4) is 0 Å². The van der Waals surface area contributed by atoms with Crippen LogP contribution in [0.4, 0.5) is 0 Å². The standard InChI is InChI=1S/C12H27N.C7H8.H3O3P/c1-2-3-4-5-6-7-8-9-10-11-12-13;1-7-5-3-2-4-6-7;1-4(2)3/h2-13H2,1H3;2-6H,1H3;4H,(H2,1,2,3). The van der Waals surface area contributed by atoms with E-state index in [-0.39, 0.29) is 0 Å². The Labute approximate surface area is 149 Å². The van der Waals surface area contributed by atoms with E-state index in [0.29, 0.717) is 0 Å². The van der Waals surface area contributed by atoms with Crippen LogP contribution in [0.5, 0.6) is 0 Å². The Hall–Kier alpha value is -0.670. The summed E-state index contributed by atoms with van der Waals surface area (Å²) in [5, 5.41) is 0. The van der Waals surface area contributed by atoms with Crippen LogP contribution in [-0.2, 0) is 4.57 Å². The third-order valence-electron chi connectivity index (χ3n) is 3.50. The third kappa shape index (κ3) is 29.4. The highest BCUT2D eigenvalue weighted by molar-refractivity contribution is 7.30. The normalized spacial score (nSPS) is 9.75. The molecule has 0 unspecified atom stereocenters. The fraction of sp³-hybridized carbons (Fsp3) is 0.684. The fourth-order valence-electron chi connectivity index (χ4n) is 2.17. The average molecular weight is 359 g/mol. The second-order valence-electron chi connectivity index (χ2n) is 5.91. The number of benzene rings is 1. The van der Waals surface area contributed by atoms with Crippen molar-refractivity contribution in [3.63, 3.8) is 0 Å². The second kappa shape index (κ2) is 22.3. The van der Waals surface area contributed by atoms with Crippen molar-refractivity contribution in [2.45, 2.75) is 78.1 Å². The molecule has 0 spiro atoms. The first kappa shape index (κ1) is 25.6. The Balaban J connectivity index is 0. The molecule has 0 aliphatic heterocycles. The van der Waals surface area contributed by atoms with Gasteiger partial charge in [0.1, 0.15) is 0 Å². The van der Waals surface area contributed by atoms with Gasteiger partial charge in [0.05, 0.1) is 0 Å². The molecule has 4 nitrogen and oxygen atoms in total. The first-order valence-corrected chi connectivity index (χ1v) is 10.5. The van der Waals surface area contributed by atoms with Gasteiger partial charge in [0, 0.05) is 0 Å². The van der Waals surface area contributed by atoms with E-state index < -0.39 is 8.25 Å². The lowest BCUT2D eigenvalue weighted by Gasteiger charge is -2.00. The van der Waals surface area contributed by atoms with Crippen molar-refractivity contribution in [3.05, 3.63) is 35.9 Å². The van der Waals surface area contributed by atoms with Crippen molar-refractivity contribution >= 4 is 8.25 Å². The zero-order valence-electron chi connectivity index (χ0n) is 15.5. The monoisotopic (exact) mass is 359 g/mol. The molecule has 0 saturated heterocycles. The number of hydrogen-bond donors (Lipinski definition) is 3. The molecule has 0 bridgehead atoms. The summed E-state index contributed by atoms with van der Waals surface area (Å²) in [5.41, 5.74) is 6.75. The maximum atomic E-state index is 8.74. The lowest BCUT2D eigenvalue weighted by Crippen LogP contribution is -1.97. The van der Waals surface area contributed by atoms with E-state index in [1.807, 2.05) is 18.2 Å². The second-order valence-corrected chi connectivity index (χ2v) is 6.47. The highest BCUT2D eigenvalue weighted by Crippen LogP contribution is 2.09. The molecule has 24 heavy (non-hydrogen) atoms. The van der Waals surface area contributed by atoms with Crippen LogP contribution in [0.15, 0.2) is 30.3 Å². The highest BCUT2D eigenvalue weighted by Gasteiger charge is 1.91. The van der Waals surface area contributed by atoms with E-state index in [2.05, 4.69) is 26.0 Å². The summed E-state index contributed by atoms with van der Waals surface area (Å²) in [6, 6.07) is 10.3. The van der Waals surface area contributed by atoms with Gasteiger partial charge in [-0.1, -0.05) is 101 Å². The van der Waals surface area contributed by atoms with Gasteiger partial charge in [0.2, 0.25) is 0 Å². The van der Waals surface area contributed by atoms with Crippen LogP contribution in [0, 0.1) is 6.92 Å². The molecule has 1 aromatic carbocycles. The van der Waals surface area contributed by atoms with Crippen LogP contribution in [0.2, 0.25) is 0 Å². The van der Waals surface area contributed by atoms with Crippen molar-refractivity contribution in [1.82, 2.24) is 0 Å². The molecule has 0 amide bonds. The van der Waals surface area contributed by atoms with Gasteiger partial charge in [0.25, 0.3) is 0 Å². The largest absolute Gasteiger partial charge is 0.330 e. The predicted octanol–water partition coefficient (Wildman–Crippen LogP) is 5.22. The van der Waals surface area contributed by atoms with E-state index >= 15 is 0 Å². The Bertz CT molecular complexity index is 347. The Kier molecular flexibility index (Phi) is 23.8. The maximum Gasteiger partial charge on any atom is 0.314 e. The molecule has 142 valence electrons. The van der Waals surface area contributed by atoms with E-state index in [1.165, 1.54) is 69.8 Å². The smallest absolute Gasteiger partial charge is 0.314 e. The Morgan fingerprint density at radius 3 is 1.50 bits per heavy atom. The molecule has 0 aliphatic rings. The predicted molar refractivity (Wildman–Crippen MR) is 106 cm³/mol. The molecule has 1 aromatic rings. The fourth-order valence-corrected chi connectivity index (χ4v) is 2.17. The zero-order chi connectivity index (χ0) is 18.5. The summed E-state index contributed by atoms with van der Waals surface area (Å²) >= 11 is 0. The molecule has 0 heterocycles. The molecule has 0 aliphatic carbocycles. The summed E-state index contributed by atoms with van der Waals surface area (Å²) in [6.45, 7) is 5.23. The summed E-state index contributed by atoms with van der Waals surface area (Å²) in [7, 11) is -3.13. The molecular formula is C19H38NO3P. The van der Waals surface area contributed by atoms with Gasteiger partial charge in [-0.25, -0.2) is 0 Å². The molecule has 0 radical (unpaired) electrons. The quantitative estimate of drug-likeness (QED) is 0.395. The molecule has 0 saturated carbocycles. The van der Waals surface area contributed by atoms with Gasteiger partial charge in [-0.15, -0.1) is 0 Å². The van der Waals surface area contributed by atoms with Gasteiger partial charge in [0.15, 0.2) is 0 Å². The van der Waals surface area contributed by atoms with E-state index in [1.54, 1.807) is 0 Å². The molecule has 5 heteroatoms. The van der Waals surface area contributed by atoms with Crippen LogP contribution in [0.25, 0.3) is 0 Å². The van der Waals surface area contributed by atoms with Crippen LogP contribution in [0.1, 0.15) is 76.7 Å². The van der Waals surface area contributed by atoms with E-state index in [4.69, 9.17) is 20.1 Å². The van der Waals surface area contributed by atoms with Crippen molar-refractivity contribution in [1.29, 1.82) is 0 Å². The summed E-state index contributed by atoms with van der Waals surface area (Å²) < 4.78 is 8.74. The van der Waals surface area contributed by atoms with E-state index in [0.717, 1.165) is 6.54 Å². The van der Waals surface area contributed by atoms with E-state index in [9.17, 15) is 0 Å². The van der Waals surface area contributed by atoms with Crippen LogP contribution in [-0.4, -0.2) is 16.3 Å². The first-order chi connectivity index (χ1) is 11.5. The molecule has 0 aromatic heterocycles. The molecule has 4 N–H and O–H groups in total. The van der Waals surface area contributed by atoms with Gasteiger partial charge < -0.3 is 15.5 Å². The first-order valence-electron chi connectivity index (χ1n) is 9.18. The summed E-state index contributed by atoms with van der Waals surface area (Å²) in [5.74, 6) is 0. The third-order valence-corrected chi connectivity index (χ3v) is 3.50. The number of hydrogen-bond acceptors (Lipinski definition) is 2. The van der Waals surface area contributed by atoms with Crippen molar-refractivity contribution in [2.75, 3.05) is 6.54 Å². The minimum Gasteiger partial charge on any atom is -0.330 e. The topological polar surface area (TPSA) is 83.6 Å². The van der Waals surface area contributed by atoms with Crippen LogP contribution >= 0.6 is 8.25 Å². The van der Waals surface area contributed by atoms with Crippen molar-refractivity contribution < 1.29 is 14.4 Å². The minimum absolute atomic E-state index is 0.872. The van der Waals surface area contributed by atoms with Gasteiger partial charge in [-0.05, 0) is 19.9 Å². The van der Waals surface area contributed by atoms with Crippen LogP contribution < -0.4 is 5.73 Å². The number of aryl methyl sites for hydroxylation is 1. The molecule has 0 fully saturated rings. The lowest BCUT2D eigenvalue weighted by atomic mass is 10.1. The average Bonchev–Trinajstić information content (AvgIpc) is 2.54. The van der Waals surface area contributed by atoms with Crippen molar-refractivity contribution in [2.24, 2.45) is 5.73 Å². The highest BCUT2D eigenvalue weighted by atomic mass is 31.1. The summed E-state index contributed by atoms with van der Waals surface area (Å²) in [4.78, 5) is 14.3. The van der Waals surface area contributed by atoms with Gasteiger partial charge in [-0.3, -0.25) is 4.57 Å². The van der Waals surface area contributed by atoms with Gasteiger partial charge >= 0.3 is 8.25 Å². The molecule has 0 atom stereocenters. The number of nitrogens with two attached hydrogens (primary N) is 1. The summed E-state index contributed by atoms with van der Waals surface area (Å²) in [6.07, 6.45) is 13.9. The molecule has 1 rings (SSSR count). The maximum absolute atomic E-state index is 8.74. The van der Waals surface area contributed by atoms with Gasteiger partial charge in [-0.2, -0.15) is 0 Å². The minimum atomic E-state index is -3.13. The van der Waals surface area contributed by atoms with Crippen LogP contribution in [0.3, 0.4) is 0 Å². The Morgan fingerprint density at radius 2 is 1.21 bits per heavy atom. The molecular weight excluding hydrogens is 321 g/mol. The lowest BCUT2D eigenvalue weighted by molar-refractivity contribution is 0.405. The number of unbranched alkanes of at least 4 members (excludes halogenated alkanes) is 9. The Morgan fingerprint density at radius 1 is 0.833 bits per heavy atom. The SMILES string of the molecule is CCCCCCCCCCCCN.Cc1ccccc1.O=[PH](O)O. The zero-order valence-corrected chi connectivity index (χ0v) is 16.5. The number of rotatable bonds is 10.